The maximum absolute atomic E-state index is 11.2. The highest BCUT2D eigenvalue weighted by atomic mass is 16.1. The molecule has 0 aliphatic carbocycles. The second-order valence-corrected chi connectivity index (χ2v) is 5.08. The molecule has 20 heavy (non-hydrogen) atoms. The summed E-state index contributed by atoms with van der Waals surface area (Å²) in [5, 5.41) is 3.38. The Balaban J connectivity index is 2.63. The fourth-order valence-electron chi connectivity index (χ4n) is 2.07. The number of unbranched alkanes of at least 4 members (excludes halogenated alkanes) is 1. The number of benzene rings is 1. The van der Waals surface area contributed by atoms with E-state index < -0.39 is 0 Å². The van der Waals surface area contributed by atoms with Gasteiger partial charge in [-0.25, -0.2) is 0 Å². The van der Waals surface area contributed by atoms with Crippen LogP contribution in [-0.2, 0) is 11.3 Å². The highest BCUT2D eigenvalue weighted by Gasteiger charge is 2.08. The summed E-state index contributed by atoms with van der Waals surface area (Å²) < 4.78 is 0. The minimum Gasteiger partial charge on any atom is -0.368 e. The van der Waals surface area contributed by atoms with E-state index in [1.807, 2.05) is 0 Å². The zero-order valence-corrected chi connectivity index (χ0v) is 12.7. The smallest absolute Gasteiger partial charge is 0.236 e. The number of amides is 1. The fourth-order valence-corrected chi connectivity index (χ4v) is 2.07. The SMILES string of the molecule is CCCCN(CC(N)=O)c1ccc(CNCCC)cc1. The summed E-state index contributed by atoms with van der Waals surface area (Å²) >= 11 is 0. The van der Waals surface area contributed by atoms with Crippen molar-refractivity contribution in [3.8, 4) is 0 Å². The number of hydrogen-bond donors (Lipinski definition) is 2. The summed E-state index contributed by atoms with van der Waals surface area (Å²) in [5.74, 6) is -0.283. The molecule has 0 spiro atoms. The molecule has 1 rings (SSSR count). The molecule has 0 saturated carbocycles. The van der Waals surface area contributed by atoms with Crippen molar-refractivity contribution in [1.29, 1.82) is 0 Å². The number of rotatable bonds is 10. The molecule has 0 aromatic heterocycles. The second-order valence-electron chi connectivity index (χ2n) is 5.08. The molecule has 0 saturated heterocycles. The third-order valence-corrected chi connectivity index (χ3v) is 3.19. The lowest BCUT2D eigenvalue weighted by Crippen LogP contribution is -2.34. The van der Waals surface area contributed by atoms with Crippen LogP contribution in [-0.4, -0.2) is 25.5 Å². The van der Waals surface area contributed by atoms with Crippen molar-refractivity contribution in [2.45, 2.75) is 39.7 Å². The standard InChI is InChI=1S/C16H27N3O/c1-3-5-11-19(13-16(17)20)15-8-6-14(7-9-15)12-18-10-4-2/h6-9,18H,3-5,10-13H2,1-2H3,(H2,17,20). The topological polar surface area (TPSA) is 58.4 Å². The number of nitrogens with zero attached hydrogens (tertiary/aromatic N) is 1. The molecule has 0 unspecified atom stereocenters. The average molecular weight is 277 g/mol. The van der Waals surface area contributed by atoms with Crippen LogP contribution in [0.25, 0.3) is 0 Å². The Bertz CT molecular complexity index is 389. The average Bonchev–Trinajstić information content (AvgIpc) is 2.44. The Morgan fingerprint density at radius 2 is 1.90 bits per heavy atom. The predicted molar refractivity (Wildman–Crippen MR) is 84.8 cm³/mol. The Morgan fingerprint density at radius 3 is 2.45 bits per heavy atom. The van der Waals surface area contributed by atoms with Gasteiger partial charge >= 0.3 is 0 Å². The van der Waals surface area contributed by atoms with Crippen LogP contribution in [0.1, 0.15) is 38.7 Å². The molecule has 1 aromatic carbocycles. The first-order valence-corrected chi connectivity index (χ1v) is 7.50. The fraction of sp³-hybridized carbons (Fsp3) is 0.562. The highest BCUT2D eigenvalue weighted by molar-refractivity contribution is 5.79. The van der Waals surface area contributed by atoms with Crippen LogP contribution in [0.15, 0.2) is 24.3 Å². The van der Waals surface area contributed by atoms with E-state index in [0.717, 1.165) is 44.6 Å². The first kappa shape index (κ1) is 16.5. The molecule has 1 aromatic rings. The Labute approximate surface area is 122 Å². The number of nitrogens with two attached hydrogens (primary N) is 1. The zero-order valence-electron chi connectivity index (χ0n) is 12.7. The first-order valence-electron chi connectivity index (χ1n) is 7.50. The molecule has 0 heterocycles. The van der Waals surface area contributed by atoms with Crippen molar-refractivity contribution in [3.05, 3.63) is 29.8 Å². The van der Waals surface area contributed by atoms with Crippen molar-refractivity contribution in [1.82, 2.24) is 5.32 Å². The lowest BCUT2D eigenvalue weighted by molar-refractivity contribution is -0.116. The van der Waals surface area contributed by atoms with Gasteiger partial charge < -0.3 is 16.0 Å². The van der Waals surface area contributed by atoms with Crippen LogP contribution in [0.3, 0.4) is 0 Å². The molecule has 112 valence electrons. The molecular weight excluding hydrogens is 250 g/mol. The van der Waals surface area contributed by atoms with E-state index in [1.165, 1.54) is 5.56 Å². The number of hydrogen-bond acceptors (Lipinski definition) is 3. The van der Waals surface area contributed by atoms with Crippen LogP contribution >= 0.6 is 0 Å². The van der Waals surface area contributed by atoms with Crippen LogP contribution in [0, 0.1) is 0 Å². The number of nitrogens with one attached hydrogen (secondary N) is 1. The van der Waals surface area contributed by atoms with Gasteiger partial charge in [-0.05, 0) is 37.1 Å². The zero-order chi connectivity index (χ0) is 14.8. The van der Waals surface area contributed by atoms with Crippen molar-refractivity contribution < 1.29 is 4.79 Å². The molecule has 0 fully saturated rings. The van der Waals surface area contributed by atoms with Gasteiger partial charge in [0.05, 0.1) is 6.54 Å². The van der Waals surface area contributed by atoms with Crippen molar-refractivity contribution in [3.63, 3.8) is 0 Å². The van der Waals surface area contributed by atoms with Crippen molar-refractivity contribution >= 4 is 11.6 Å². The first-order chi connectivity index (χ1) is 9.67. The van der Waals surface area contributed by atoms with Crippen molar-refractivity contribution in [2.24, 2.45) is 5.73 Å². The molecule has 0 aliphatic rings. The monoisotopic (exact) mass is 277 g/mol. The molecule has 4 nitrogen and oxygen atoms in total. The summed E-state index contributed by atoms with van der Waals surface area (Å²) in [6.07, 6.45) is 3.31. The minimum absolute atomic E-state index is 0.283. The second kappa shape index (κ2) is 9.37. The highest BCUT2D eigenvalue weighted by Crippen LogP contribution is 2.16. The van der Waals surface area contributed by atoms with Gasteiger partial charge in [0.15, 0.2) is 0 Å². The van der Waals surface area contributed by atoms with Gasteiger partial charge in [0.2, 0.25) is 5.91 Å². The van der Waals surface area contributed by atoms with Crippen LogP contribution in [0.4, 0.5) is 5.69 Å². The van der Waals surface area contributed by atoms with Gasteiger partial charge in [0.1, 0.15) is 0 Å². The van der Waals surface area contributed by atoms with E-state index in [2.05, 4.69) is 48.3 Å². The molecule has 0 aliphatic heterocycles. The van der Waals surface area contributed by atoms with E-state index in [-0.39, 0.29) is 12.5 Å². The van der Waals surface area contributed by atoms with Crippen LogP contribution < -0.4 is 16.0 Å². The molecule has 3 N–H and O–H groups in total. The van der Waals surface area contributed by atoms with Gasteiger partial charge in [0, 0.05) is 18.8 Å². The van der Waals surface area contributed by atoms with Gasteiger partial charge in [-0.15, -0.1) is 0 Å². The molecular formula is C16H27N3O. The molecule has 0 bridgehead atoms. The summed E-state index contributed by atoms with van der Waals surface area (Å²) in [6, 6.07) is 8.36. The maximum atomic E-state index is 11.2. The summed E-state index contributed by atoms with van der Waals surface area (Å²) in [7, 11) is 0. The summed E-state index contributed by atoms with van der Waals surface area (Å²) in [4.78, 5) is 13.2. The lowest BCUT2D eigenvalue weighted by atomic mass is 10.1. The number of primary amides is 1. The third-order valence-electron chi connectivity index (χ3n) is 3.19. The van der Waals surface area contributed by atoms with E-state index in [0.29, 0.717) is 0 Å². The van der Waals surface area contributed by atoms with E-state index in [9.17, 15) is 4.79 Å². The molecule has 1 amide bonds. The predicted octanol–water partition coefficient (Wildman–Crippen LogP) is 2.28. The molecule has 0 radical (unpaired) electrons. The van der Waals surface area contributed by atoms with Gasteiger partial charge in [-0.2, -0.15) is 0 Å². The largest absolute Gasteiger partial charge is 0.368 e. The van der Waals surface area contributed by atoms with E-state index in [4.69, 9.17) is 5.73 Å². The number of carbonyl (C=O) groups is 1. The quantitative estimate of drug-likeness (QED) is 0.645. The Kier molecular flexibility index (Phi) is 7.73. The normalized spacial score (nSPS) is 10.5. The third kappa shape index (κ3) is 6.06. The van der Waals surface area contributed by atoms with Crippen molar-refractivity contribution in [2.75, 3.05) is 24.5 Å². The van der Waals surface area contributed by atoms with Gasteiger partial charge in [-0.1, -0.05) is 32.4 Å². The Hall–Kier alpha value is -1.55. The van der Waals surface area contributed by atoms with Crippen LogP contribution in [0.5, 0.6) is 0 Å². The summed E-state index contributed by atoms with van der Waals surface area (Å²) in [5.41, 5.74) is 7.65. The van der Waals surface area contributed by atoms with E-state index in [1.54, 1.807) is 0 Å². The molecule has 0 atom stereocenters. The maximum Gasteiger partial charge on any atom is 0.236 e. The van der Waals surface area contributed by atoms with Crippen LogP contribution in [0.2, 0.25) is 0 Å². The minimum atomic E-state index is -0.283. The summed E-state index contributed by atoms with van der Waals surface area (Å²) in [6.45, 7) is 7.38. The number of anilines is 1. The van der Waals surface area contributed by atoms with Gasteiger partial charge in [0.25, 0.3) is 0 Å². The number of carbonyl (C=O) groups excluding carboxylic acids is 1. The molecule has 4 heteroatoms. The lowest BCUT2D eigenvalue weighted by Gasteiger charge is -2.23. The van der Waals surface area contributed by atoms with E-state index >= 15 is 0 Å². The van der Waals surface area contributed by atoms with Gasteiger partial charge in [-0.3, -0.25) is 4.79 Å². The Morgan fingerprint density at radius 1 is 1.20 bits per heavy atom.